The van der Waals surface area contributed by atoms with Crippen LogP contribution < -0.4 is 10.6 Å². The molecule has 100 valence electrons. The van der Waals surface area contributed by atoms with Crippen molar-refractivity contribution in [3.63, 3.8) is 0 Å². The summed E-state index contributed by atoms with van der Waals surface area (Å²) in [5.41, 5.74) is 2.21. The molecule has 5 heteroatoms. The maximum atomic E-state index is 13.2. The average Bonchev–Trinajstić information content (AvgIpc) is 2.43. The Labute approximate surface area is 112 Å². The molecule has 0 saturated carbocycles. The number of hydrogen-bond acceptors (Lipinski definition) is 4. The van der Waals surface area contributed by atoms with Gasteiger partial charge in [0.1, 0.15) is 11.6 Å². The monoisotopic (exact) mass is 260 g/mol. The predicted molar refractivity (Wildman–Crippen MR) is 74.6 cm³/mol. The van der Waals surface area contributed by atoms with Crippen LogP contribution in [0.15, 0.2) is 30.3 Å². The lowest BCUT2D eigenvalue weighted by Crippen LogP contribution is -2.18. The highest BCUT2D eigenvalue weighted by Gasteiger charge is 2.04. The second-order valence-electron chi connectivity index (χ2n) is 4.30. The van der Waals surface area contributed by atoms with Crippen molar-refractivity contribution in [3.05, 3.63) is 41.7 Å². The third-order valence-electron chi connectivity index (χ3n) is 2.80. The second kappa shape index (κ2) is 6.24. The number of benzene rings is 1. The van der Waals surface area contributed by atoms with E-state index in [1.165, 1.54) is 6.07 Å². The number of hydrogen-bond donors (Lipinski definition) is 2. The van der Waals surface area contributed by atoms with Gasteiger partial charge in [0.25, 0.3) is 0 Å². The molecule has 1 aromatic heterocycles. The molecule has 0 saturated heterocycles. The maximum Gasteiger partial charge on any atom is 0.148 e. The third kappa shape index (κ3) is 3.48. The molecule has 4 nitrogen and oxygen atoms in total. The maximum absolute atomic E-state index is 13.2. The Morgan fingerprint density at radius 1 is 1.11 bits per heavy atom. The van der Waals surface area contributed by atoms with E-state index in [4.69, 9.17) is 0 Å². The van der Waals surface area contributed by atoms with Crippen molar-refractivity contribution in [3.8, 4) is 11.3 Å². The summed E-state index contributed by atoms with van der Waals surface area (Å²) < 4.78 is 13.2. The molecule has 0 atom stereocenters. The standard InChI is InChI=1S/C14H17FN4/c1-10-9-11(3-4-12(10)15)13-5-6-14(19-18-13)17-8-7-16-2/h3-6,9,16H,7-8H2,1-2H3,(H,17,19). The molecule has 0 radical (unpaired) electrons. The molecule has 0 aliphatic heterocycles. The summed E-state index contributed by atoms with van der Waals surface area (Å²) in [6.07, 6.45) is 0. The lowest BCUT2D eigenvalue weighted by atomic mass is 10.1. The number of rotatable bonds is 5. The first kappa shape index (κ1) is 13.4. The summed E-state index contributed by atoms with van der Waals surface area (Å²) >= 11 is 0. The number of likely N-dealkylation sites (N-methyl/N-ethyl adjacent to an activating group) is 1. The smallest absolute Gasteiger partial charge is 0.148 e. The predicted octanol–water partition coefficient (Wildman–Crippen LogP) is 2.22. The van der Waals surface area contributed by atoms with Crippen LogP contribution in [0.4, 0.5) is 10.2 Å². The highest BCUT2D eigenvalue weighted by atomic mass is 19.1. The molecule has 19 heavy (non-hydrogen) atoms. The van der Waals surface area contributed by atoms with Gasteiger partial charge >= 0.3 is 0 Å². The van der Waals surface area contributed by atoms with Crippen molar-refractivity contribution in [1.29, 1.82) is 0 Å². The van der Waals surface area contributed by atoms with Crippen molar-refractivity contribution in [1.82, 2.24) is 15.5 Å². The molecule has 1 aromatic carbocycles. The SMILES string of the molecule is CNCCNc1ccc(-c2ccc(F)c(C)c2)nn1. The minimum Gasteiger partial charge on any atom is -0.367 e. The Balaban J connectivity index is 2.11. The zero-order valence-electron chi connectivity index (χ0n) is 11.1. The van der Waals surface area contributed by atoms with Crippen LogP contribution in [0.25, 0.3) is 11.3 Å². The molecule has 2 N–H and O–H groups in total. The van der Waals surface area contributed by atoms with Crippen LogP contribution in [-0.2, 0) is 0 Å². The van der Waals surface area contributed by atoms with Crippen LogP contribution >= 0.6 is 0 Å². The summed E-state index contributed by atoms with van der Waals surface area (Å²) in [6.45, 7) is 3.39. The quantitative estimate of drug-likeness (QED) is 0.809. The summed E-state index contributed by atoms with van der Waals surface area (Å²) in [6, 6.07) is 8.68. The van der Waals surface area contributed by atoms with Crippen molar-refractivity contribution < 1.29 is 4.39 Å². The number of anilines is 1. The minimum absolute atomic E-state index is 0.206. The van der Waals surface area contributed by atoms with E-state index in [1.807, 2.05) is 19.2 Å². The number of nitrogens with zero attached hydrogens (tertiary/aromatic N) is 2. The van der Waals surface area contributed by atoms with E-state index >= 15 is 0 Å². The lowest BCUT2D eigenvalue weighted by Gasteiger charge is -2.06. The van der Waals surface area contributed by atoms with E-state index in [0.717, 1.165) is 30.2 Å². The van der Waals surface area contributed by atoms with E-state index < -0.39 is 0 Å². The number of aromatic nitrogens is 2. The molecule has 0 bridgehead atoms. The van der Waals surface area contributed by atoms with Gasteiger partial charge in [0, 0.05) is 18.7 Å². The van der Waals surface area contributed by atoms with Gasteiger partial charge in [0.2, 0.25) is 0 Å². The normalized spacial score (nSPS) is 10.5. The largest absolute Gasteiger partial charge is 0.367 e. The van der Waals surface area contributed by atoms with Gasteiger partial charge < -0.3 is 10.6 Å². The fraction of sp³-hybridized carbons (Fsp3) is 0.286. The van der Waals surface area contributed by atoms with Crippen molar-refractivity contribution in [2.75, 3.05) is 25.5 Å². The highest BCUT2D eigenvalue weighted by Crippen LogP contribution is 2.19. The Morgan fingerprint density at radius 2 is 1.95 bits per heavy atom. The van der Waals surface area contributed by atoms with Gasteiger partial charge in [-0.05, 0) is 49.9 Å². The van der Waals surface area contributed by atoms with Crippen LogP contribution in [-0.4, -0.2) is 30.3 Å². The Hall–Kier alpha value is -2.01. The van der Waals surface area contributed by atoms with E-state index in [9.17, 15) is 4.39 Å². The number of aryl methyl sites for hydroxylation is 1. The summed E-state index contributed by atoms with van der Waals surface area (Å²) in [7, 11) is 1.90. The molecule has 1 heterocycles. The molecule has 0 amide bonds. The summed E-state index contributed by atoms with van der Waals surface area (Å²) in [4.78, 5) is 0. The van der Waals surface area contributed by atoms with Gasteiger partial charge in [-0.1, -0.05) is 0 Å². The first-order valence-corrected chi connectivity index (χ1v) is 6.19. The first-order valence-electron chi connectivity index (χ1n) is 6.19. The molecule has 0 fully saturated rings. The number of nitrogens with one attached hydrogen (secondary N) is 2. The third-order valence-corrected chi connectivity index (χ3v) is 2.80. The Kier molecular flexibility index (Phi) is 4.41. The molecule has 0 aliphatic rings. The van der Waals surface area contributed by atoms with Gasteiger partial charge in [0.05, 0.1) is 5.69 Å². The van der Waals surface area contributed by atoms with Crippen LogP contribution in [0.5, 0.6) is 0 Å². The van der Waals surface area contributed by atoms with Gasteiger partial charge in [-0.2, -0.15) is 0 Å². The molecule has 2 aromatic rings. The van der Waals surface area contributed by atoms with E-state index in [2.05, 4.69) is 20.8 Å². The fourth-order valence-corrected chi connectivity index (χ4v) is 1.70. The fourth-order valence-electron chi connectivity index (χ4n) is 1.70. The van der Waals surface area contributed by atoms with Gasteiger partial charge in [-0.15, -0.1) is 10.2 Å². The van der Waals surface area contributed by atoms with Crippen LogP contribution in [0.2, 0.25) is 0 Å². The van der Waals surface area contributed by atoms with Crippen LogP contribution in [0.1, 0.15) is 5.56 Å². The zero-order valence-corrected chi connectivity index (χ0v) is 11.1. The van der Waals surface area contributed by atoms with Gasteiger partial charge in [-0.25, -0.2) is 4.39 Å². The first-order chi connectivity index (χ1) is 9.20. The Bertz CT molecular complexity index is 540. The zero-order chi connectivity index (χ0) is 13.7. The minimum atomic E-state index is -0.206. The lowest BCUT2D eigenvalue weighted by molar-refractivity contribution is 0.618. The highest BCUT2D eigenvalue weighted by molar-refractivity contribution is 5.60. The van der Waals surface area contributed by atoms with Crippen molar-refractivity contribution >= 4 is 5.82 Å². The number of halogens is 1. The van der Waals surface area contributed by atoms with Crippen LogP contribution in [0.3, 0.4) is 0 Å². The van der Waals surface area contributed by atoms with Crippen molar-refractivity contribution in [2.45, 2.75) is 6.92 Å². The van der Waals surface area contributed by atoms with E-state index in [-0.39, 0.29) is 5.82 Å². The molecular formula is C14H17FN4. The molecule has 0 unspecified atom stereocenters. The summed E-state index contributed by atoms with van der Waals surface area (Å²) in [5.74, 6) is 0.528. The topological polar surface area (TPSA) is 49.8 Å². The molecule has 0 aliphatic carbocycles. The van der Waals surface area contributed by atoms with E-state index in [0.29, 0.717) is 5.56 Å². The molecular weight excluding hydrogens is 243 g/mol. The van der Waals surface area contributed by atoms with E-state index in [1.54, 1.807) is 19.1 Å². The molecule has 0 spiro atoms. The second-order valence-corrected chi connectivity index (χ2v) is 4.30. The Morgan fingerprint density at radius 3 is 2.58 bits per heavy atom. The van der Waals surface area contributed by atoms with Gasteiger partial charge in [0.15, 0.2) is 0 Å². The van der Waals surface area contributed by atoms with Crippen LogP contribution in [0, 0.1) is 12.7 Å². The average molecular weight is 260 g/mol. The molecule has 2 rings (SSSR count). The summed E-state index contributed by atoms with van der Waals surface area (Å²) in [5, 5.41) is 14.4. The van der Waals surface area contributed by atoms with Crippen molar-refractivity contribution in [2.24, 2.45) is 0 Å². The van der Waals surface area contributed by atoms with Gasteiger partial charge in [-0.3, -0.25) is 0 Å².